The monoisotopic (exact) mass is 344 g/mol. The van der Waals surface area contributed by atoms with E-state index in [1.54, 1.807) is 0 Å². The summed E-state index contributed by atoms with van der Waals surface area (Å²) in [6.07, 6.45) is 0. The lowest BCUT2D eigenvalue weighted by molar-refractivity contribution is 1.44. The number of halogens is 1. The van der Waals surface area contributed by atoms with Crippen molar-refractivity contribution in [2.45, 2.75) is 6.92 Å². The molecule has 0 aliphatic carbocycles. The fourth-order valence-corrected chi connectivity index (χ4v) is 2.11. The van der Waals surface area contributed by atoms with E-state index in [1.807, 2.05) is 18.2 Å². The van der Waals surface area contributed by atoms with Crippen LogP contribution in [0.3, 0.4) is 0 Å². The third-order valence-electron chi connectivity index (χ3n) is 2.83. The molecule has 88 valence electrons. The first kappa shape index (κ1) is 12.9. The Morgan fingerprint density at radius 1 is 1.06 bits per heavy atom. The topological polar surface area (TPSA) is 0 Å². The van der Waals surface area contributed by atoms with Gasteiger partial charge in [0.2, 0.25) is 0 Å². The van der Waals surface area contributed by atoms with E-state index in [1.165, 1.54) is 5.56 Å². The van der Waals surface area contributed by atoms with Gasteiger partial charge in [-0.25, -0.2) is 0 Å². The summed E-state index contributed by atoms with van der Waals surface area (Å²) in [7, 11) is 0. The Morgan fingerprint density at radius 3 is 2.39 bits per heavy atom. The normalized spacial score (nSPS) is 9.44. The Hall–Kier alpha value is -1.53. The van der Waals surface area contributed by atoms with Gasteiger partial charge >= 0.3 is 0 Å². The molecule has 1 heteroatoms. The maximum absolute atomic E-state index is 4.20. The lowest BCUT2D eigenvalue weighted by Crippen LogP contribution is -1.90. The third-order valence-corrected chi connectivity index (χ3v) is 3.10. The molecule has 0 radical (unpaired) electrons. The Morgan fingerprint density at radius 2 is 1.72 bits per heavy atom. The fraction of sp³-hybridized carbons (Fsp3) is 0.0588. The number of rotatable bonds is 2. The van der Waals surface area contributed by atoms with Crippen LogP contribution in [0.1, 0.15) is 22.3 Å². The lowest BCUT2D eigenvalue weighted by Gasteiger charge is -2.09. The zero-order valence-electron chi connectivity index (χ0n) is 10.2. The highest BCUT2D eigenvalue weighted by Crippen LogP contribution is 2.24. The molecule has 0 saturated carbocycles. The summed E-state index contributed by atoms with van der Waals surface area (Å²) in [4.78, 5) is 0. The molecule has 0 amide bonds. The van der Waals surface area contributed by atoms with Gasteiger partial charge in [-0.15, -0.1) is 0 Å². The van der Waals surface area contributed by atoms with Crippen molar-refractivity contribution in [3.05, 3.63) is 77.4 Å². The summed E-state index contributed by atoms with van der Waals surface area (Å²) >= 11 is 2.06. The van der Waals surface area contributed by atoms with E-state index in [4.69, 9.17) is 0 Å². The maximum atomic E-state index is 4.20. The van der Waals surface area contributed by atoms with Gasteiger partial charge in [-0.3, -0.25) is 0 Å². The van der Waals surface area contributed by atoms with Gasteiger partial charge in [0.25, 0.3) is 0 Å². The first-order valence-corrected chi connectivity index (χ1v) is 6.77. The number of hydrogen-bond donors (Lipinski definition) is 0. The quantitative estimate of drug-likeness (QED) is 0.542. The highest BCUT2D eigenvalue weighted by atomic mass is 127. The van der Waals surface area contributed by atoms with Crippen molar-refractivity contribution >= 4 is 28.2 Å². The van der Waals surface area contributed by atoms with Crippen molar-refractivity contribution in [2.24, 2.45) is 0 Å². The molecular formula is C17H13I. The van der Waals surface area contributed by atoms with Gasteiger partial charge in [0.05, 0.1) is 0 Å². The predicted molar refractivity (Wildman–Crippen MR) is 86.7 cm³/mol. The van der Waals surface area contributed by atoms with Crippen molar-refractivity contribution in [3.63, 3.8) is 0 Å². The Labute approximate surface area is 122 Å². The van der Waals surface area contributed by atoms with Gasteiger partial charge in [0.1, 0.15) is 0 Å². The summed E-state index contributed by atoms with van der Waals surface area (Å²) in [6, 6.07) is 16.5. The zero-order chi connectivity index (χ0) is 13.0. The van der Waals surface area contributed by atoms with Crippen molar-refractivity contribution in [3.8, 4) is 9.85 Å². The van der Waals surface area contributed by atoms with E-state index in [9.17, 15) is 0 Å². The molecule has 0 fully saturated rings. The fourth-order valence-electron chi connectivity index (χ4n) is 1.82. The number of hydrogen-bond acceptors (Lipinski definition) is 0. The molecule has 2 rings (SSSR count). The average molecular weight is 344 g/mol. The van der Waals surface area contributed by atoms with Crippen molar-refractivity contribution in [1.29, 1.82) is 0 Å². The summed E-state index contributed by atoms with van der Waals surface area (Å²) < 4.78 is 2.92. The average Bonchev–Trinajstić information content (AvgIpc) is 2.40. The molecule has 0 bridgehead atoms. The molecule has 2 aromatic rings. The molecule has 0 aromatic heterocycles. The van der Waals surface area contributed by atoms with E-state index in [2.05, 4.69) is 76.3 Å². The van der Waals surface area contributed by atoms with Gasteiger partial charge in [0.15, 0.2) is 0 Å². The predicted octanol–water partition coefficient (Wildman–Crippen LogP) is 4.80. The van der Waals surface area contributed by atoms with Crippen LogP contribution >= 0.6 is 22.6 Å². The van der Waals surface area contributed by atoms with E-state index in [0.717, 1.165) is 22.3 Å². The maximum Gasteiger partial charge on any atom is 0.0331 e. The highest BCUT2D eigenvalue weighted by molar-refractivity contribution is 14.1. The molecular weight excluding hydrogens is 331 g/mol. The molecule has 0 N–H and O–H groups in total. The summed E-state index contributed by atoms with van der Waals surface area (Å²) in [6.45, 7) is 6.28. The van der Waals surface area contributed by atoms with Crippen LogP contribution in [-0.2, 0) is 0 Å². The standard InChI is InChI=1S/C17H13I/c1-13-7-9-15(10-8-13)14(2)17-6-4-3-5-16(17)11-12-18/h3-10H,2H2,1H3. The van der Waals surface area contributed by atoms with Crippen LogP contribution in [0.5, 0.6) is 0 Å². The van der Waals surface area contributed by atoms with Gasteiger partial charge in [0, 0.05) is 28.2 Å². The Balaban J connectivity index is 2.45. The van der Waals surface area contributed by atoms with E-state index in [-0.39, 0.29) is 0 Å². The first-order chi connectivity index (χ1) is 8.72. The van der Waals surface area contributed by atoms with Crippen molar-refractivity contribution < 1.29 is 0 Å². The molecule has 0 heterocycles. The minimum Gasteiger partial charge on any atom is -0.0905 e. The van der Waals surface area contributed by atoms with E-state index in [0.29, 0.717) is 0 Å². The summed E-state index contributed by atoms with van der Waals surface area (Å²) in [5.41, 5.74) is 5.54. The van der Waals surface area contributed by atoms with Crippen LogP contribution in [-0.4, -0.2) is 0 Å². The molecule has 0 aliphatic heterocycles. The Kier molecular flexibility index (Phi) is 4.22. The second kappa shape index (κ2) is 5.88. The highest BCUT2D eigenvalue weighted by Gasteiger charge is 2.05. The SMILES string of the molecule is C=C(c1ccc(C)cc1)c1ccccc1C#CI. The molecule has 0 atom stereocenters. The van der Waals surface area contributed by atoms with E-state index >= 15 is 0 Å². The smallest absolute Gasteiger partial charge is 0.0331 e. The molecule has 0 aliphatic rings. The molecule has 0 spiro atoms. The van der Waals surface area contributed by atoms with Gasteiger partial charge < -0.3 is 0 Å². The van der Waals surface area contributed by atoms with Crippen LogP contribution in [0.15, 0.2) is 55.1 Å². The minimum atomic E-state index is 1.02. The van der Waals surface area contributed by atoms with Crippen LogP contribution < -0.4 is 0 Å². The van der Waals surface area contributed by atoms with Crippen molar-refractivity contribution in [1.82, 2.24) is 0 Å². The van der Waals surface area contributed by atoms with E-state index < -0.39 is 0 Å². The lowest BCUT2D eigenvalue weighted by atomic mass is 9.95. The minimum absolute atomic E-state index is 1.02. The van der Waals surface area contributed by atoms with Crippen LogP contribution in [0.25, 0.3) is 5.57 Å². The molecule has 18 heavy (non-hydrogen) atoms. The first-order valence-electron chi connectivity index (χ1n) is 5.69. The summed E-state index contributed by atoms with van der Waals surface area (Å²) in [5, 5.41) is 0. The van der Waals surface area contributed by atoms with Crippen LogP contribution in [0.2, 0.25) is 0 Å². The number of aryl methyl sites for hydroxylation is 1. The zero-order valence-corrected chi connectivity index (χ0v) is 12.4. The summed E-state index contributed by atoms with van der Waals surface area (Å²) in [5.74, 6) is 3.11. The van der Waals surface area contributed by atoms with Gasteiger partial charge in [-0.1, -0.05) is 60.5 Å². The van der Waals surface area contributed by atoms with Crippen molar-refractivity contribution in [2.75, 3.05) is 0 Å². The second-order valence-corrected chi connectivity index (χ2v) is 4.65. The van der Waals surface area contributed by atoms with Gasteiger partial charge in [-0.05, 0) is 33.6 Å². The number of benzene rings is 2. The Bertz CT molecular complexity index is 625. The molecule has 2 aromatic carbocycles. The van der Waals surface area contributed by atoms with Crippen LogP contribution in [0, 0.1) is 16.8 Å². The molecule has 0 nitrogen and oxygen atoms in total. The van der Waals surface area contributed by atoms with Crippen LogP contribution in [0.4, 0.5) is 0 Å². The molecule has 0 saturated heterocycles. The molecule has 0 unspecified atom stereocenters. The van der Waals surface area contributed by atoms with Gasteiger partial charge in [-0.2, -0.15) is 0 Å². The third kappa shape index (κ3) is 2.83. The second-order valence-electron chi connectivity index (χ2n) is 4.11. The largest absolute Gasteiger partial charge is 0.0905 e.